The number of amides is 2. The van der Waals surface area contributed by atoms with Gasteiger partial charge in [0.15, 0.2) is 0 Å². The van der Waals surface area contributed by atoms with Crippen LogP contribution in [0.4, 0.5) is 27.5 Å². The Morgan fingerprint density at radius 1 is 0.634 bits per heavy atom. The van der Waals surface area contributed by atoms with Gasteiger partial charge in [-0.15, -0.1) is 0 Å². The van der Waals surface area contributed by atoms with Crippen LogP contribution in [0.1, 0.15) is 27.0 Å². The van der Waals surface area contributed by atoms with Crippen molar-refractivity contribution in [2.75, 3.05) is 10.6 Å². The third kappa shape index (κ3) is 3.92. The summed E-state index contributed by atoms with van der Waals surface area (Å²) in [4.78, 5) is 25.8. The lowest BCUT2D eigenvalue weighted by Gasteiger charge is -2.43. The van der Waals surface area contributed by atoms with E-state index in [-0.39, 0.29) is 0 Å². The fourth-order valence-corrected chi connectivity index (χ4v) is 5.75. The predicted octanol–water partition coefficient (Wildman–Crippen LogP) is 7.21. The number of para-hydroxylation sites is 2. The Bertz CT molecular complexity index is 1720. The van der Waals surface area contributed by atoms with E-state index in [0.29, 0.717) is 33.8 Å². The van der Waals surface area contributed by atoms with Crippen molar-refractivity contribution in [3.8, 4) is 11.5 Å². The topological polar surface area (TPSA) is 103 Å². The zero-order valence-electron chi connectivity index (χ0n) is 21.7. The van der Waals surface area contributed by atoms with E-state index in [0.717, 1.165) is 22.7 Å². The van der Waals surface area contributed by atoms with Gasteiger partial charge in [-0.05, 0) is 42.5 Å². The van der Waals surface area contributed by atoms with E-state index in [9.17, 15) is 14.7 Å². The standard InChI is InChI=1S/C33H24N4O4/c38-31-25-13-7-8-14-26(25)33(37(31)36-32(39)40)27-17-15-23(34-21-9-3-1-4-10-21)19-29(27)41-30-20-24(16-18-28(30)33)35-22-11-5-2-6-12-22/h1-20,34-36H,(H,39,40). The second-order valence-electron chi connectivity index (χ2n) is 9.82. The molecule has 5 aromatic rings. The molecule has 4 N–H and O–H groups in total. The SMILES string of the molecule is O=C(O)NN1C(=O)c2ccccc2C12c1ccc(Nc3ccccc3)cc1Oc1cc(Nc3ccccc3)ccc12. The first-order valence-corrected chi connectivity index (χ1v) is 13.1. The van der Waals surface area contributed by atoms with Gasteiger partial charge in [-0.25, -0.2) is 15.2 Å². The third-order valence-corrected chi connectivity index (χ3v) is 7.38. The van der Waals surface area contributed by atoms with Crippen molar-refractivity contribution in [3.05, 3.63) is 144 Å². The summed E-state index contributed by atoms with van der Waals surface area (Å²) in [6.45, 7) is 0. The van der Waals surface area contributed by atoms with Crippen LogP contribution in [-0.2, 0) is 5.54 Å². The van der Waals surface area contributed by atoms with Crippen LogP contribution in [0.3, 0.4) is 0 Å². The van der Waals surface area contributed by atoms with Crippen LogP contribution in [0.25, 0.3) is 0 Å². The van der Waals surface area contributed by atoms with Crippen molar-refractivity contribution in [2.24, 2.45) is 0 Å². The number of hydrogen-bond donors (Lipinski definition) is 4. The summed E-state index contributed by atoms with van der Waals surface area (Å²) in [6.07, 6.45) is -1.34. The van der Waals surface area contributed by atoms with Crippen LogP contribution in [0.5, 0.6) is 11.5 Å². The molecule has 5 aromatic carbocycles. The molecule has 41 heavy (non-hydrogen) atoms. The number of benzene rings is 5. The number of carboxylic acid groups (broad SMARTS) is 1. The van der Waals surface area contributed by atoms with E-state index < -0.39 is 17.5 Å². The second-order valence-corrected chi connectivity index (χ2v) is 9.82. The Hall–Kier alpha value is -5.76. The first-order chi connectivity index (χ1) is 20.0. The summed E-state index contributed by atoms with van der Waals surface area (Å²) in [5, 5.41) is 17.8. The molecule has 2 aliphatic heterocycles. The van der Waals surface area contributed by atoms with E-state index >= 15 is 0 Å². The number of nitrogens with zero attached hydrogens (tertiary/aromatic N) is 1. The molecule has 0 saturated carbocycles. The molecule has 0 fully saturated rings. The summed E-state index contributed by atoms with van der Waals surface area (Å²) in [5.41, 5.74) is 6.83. The molecule has 0 bridgehead atoms. The van der Waals surface area contributed by atoms with Crippen molar-refractivity contribution in [1.29, 1.82) is 0 Å². The van der Waals surface area contributed by atoms with Crippen LogP contribution in [0.15, 0.2) is 121 Å². The van der Waals surface area contributed by atoms with Crippen LogP contribution >= 0.6 is 0 Å². The Labute approximate surface area is 235 Å². The Morgan fingerprint density at radius 2 is 1.15 bits per heavy atom. The molecule has 0 atom stereocenters. The smallest absolute Gasteiger partial charge is 0.423 e. The molecule has 8 nitrogen and oxygen atoms in total. The lowest BCUT2D eigenvalue weighted by Crippen LogP contribution is -2.55. The molecule has 2 amide bonds. The number of anilines is 4. The van der Waals surface area contributed by atoms with E-state index in [4.69, 9.17) is 4.74 Å². The minimum absolute atomic E-state index is 0.415. The molecule has 0 aromatic heterocycles. The number of hydrogen-bond acceptors (Lipinski definition) is 5. The van der Waals surface area contributed by atoms with Crippen molar-refractivity contribution in [2.45, 2.75) is 5.54 Å². The summed E-state index contributed by atoms with van der Waals surface area (Å²) < 4.78 is 6.53. The molecule has 0 aliphatic carbocycles. The van der Waals surface area contributed by atoms with Gasteiger partial charge in [-0.3, -0.25) is 4.79 Å². The highest BCUT2D eigenvalue weighted by Gasteiger charge is 2.57. The maximum atomic E-state index is 13.8. The van der Waals surface area contributed by atoms with E-state index in [2.05, 4.69) is 16.1 Å². The zero-order valence-corrected chi connectivity index (χ0v) is 21.7. The lowest BCUT2D eigenvalue weighted by molar-refractivity contribution is 0.0503. The monoisotopic (exact) mass is 540 g/mol. The van der Waals surface area contributed by atoms with Gasteiger partial charge in [0.05, 0.1) is 0 Å². The minimum atomic E-state index is -1.34. The van der Waals surface area contributed by atoms with Crippen LogP contribution in [0.2, 0.25) is 0 Å². The van der Waals surface area contributed by atoms with Gasteiger partial charge >= 0.3 is 6.09 Å². The number of hydrazine groups is 1. The van der Waals surface area contributed by atoms with Gasteiger partial charge in [0.2, 0.25) is 0 Å². The van der Waals surface area contributed by atoms with Crippen molar-refractivity contribution < 1.29 is 19.4 Å². The van der Waals surface area contributed by atoms with Crippen LogP contribution < -0.4 is 20.8 Å². The molecule has 1 spiro atoms. The molecule has 2 heterocycles. The quantitative estimate of drug-likeness (QED) is 0.188. The first kappa shape index (κ1) is 24.3. The summed E-state index contributed by atoms with van der Waals surface area (Å²) in [5.74, 6) is 0.550. The summed E-state index contributed by atoms with van der Waals surface area (Å²) >= 11 is 0. The zero-order chi connectivity index (χ0) is 28.0. The van der Waals surface area contributed by atoms with Crippen LogP contribution in [-0.4, -0.2) is 22.1 Å². The van der Waals surface area contributed by atoms with E-state index in [1.807, 2.05) is 109 Å². The maximum absolute atomic E-state index is 13.8. The minimum Gasteiger partial charge on any atom is -0.464 e. The molecular formula is C33H24N4O4. The first-order valence-electron chi connectivity index (χ1n) is 13.1. The second kappa shape index (κ2) is 9.46. The Balaban J connectivity index is 1.44. The van der Waals surface area contributed by atoms with Gasteiger partial charge in [0.25, 0.3) is 5.91 Å². The average Bonchev–Trinajstić information content (AvgIpc) is 3.22. The van der Waals surface area contributed by atoms with Crippen molar-refractivity contribution in [1.82, 2.24) is 10.4 Å². The highest BCUT2D eigenvalue weighted by atomic mass is 16.5. The summed E-state index contributed by atoms with van der Waals surface area (Å²) in [7, 11) is 0. The molecule has 7 rings (SSSR count). The number of fused-ring (bicyclic) bond motifs is 6. The molecule has 0 unspecified atom stereocenters. The number of ether oxygens (including phenoxy) is 1. The molecular weight excluding hydrogens is 516 g/mol. The van der Waals surface area contributed by atoms with E-state index in [1.54, 1.807) is 12.1 Å². The van der Waals surface area contributed by atoms with Gasteiger partial charge < -0.3 is 20.5 Å². The highest BCUT2D eigenvalue weighted by molar-refractivity contribution is 6.03. The molecule has 0 saturated heterocycles. The van der Waals surface area contributed by atoms with Gasteiger partial charge in [0, 0.05) is 57.1 Å². The Morgan fingerprint density at radius 3 is 1.68 bits per heavy atom. The summed E-state index contributed by atoms with van der Waals surface area (Å²) in [6, 6.07) is 38.0. The lowest BCUT2D eigenvalue weighted by atomic mass is 9.75. The van der Waals surface area contributed by atoms with Crippen LogP contribution in [0, 0.1) is 0 Å². The van der Waals surface area contributed by atoms with Crippen molar-refractivity contribution in [3.63, 3.8) is 0 Å². The molecule has 200 valence electrons. The Kier molecular flexibility index (Phi) is 5.60. The largest absolute Gasteiger partial charge is 0.464 e. The molecule has 8 heteroatoms. The molecule has 0 radical (unpaired) electrons. The average molecular weight is 541 g/mol. The predicted molar refractivity (Wildman–Crippen MR) is 156 cm³/mol. The van der Waals surface area contributed by atoms with E-state index in [1.165, 1.54) is 5.01 Å². The highest BCUT2D eigenvalue weighted by Crippen LogP contribution is 2.57. The number of carbonyl (C=O) groups excluding carboxylic acids is 1. The number of carbonyl (C=O) groups is 2. The van der Waals surface area contributed by atoms with Gasteiger partial charge in [-0.1, -0.05) is 66.7 Å². The van der Waals surface area contributed by atoms with Gasteiger partial charge in [-0.2, -0.15) is 0 Å². The maximum Gasteiger partial charge on any atom is 0.423 e. The van der Waals surface area contributed by atoms with Crippen molar-refractivity contribution >= 4 is 34.7 Å². The number of rotatable bonds is 5. The number of nitrogens with one attached hydrogen (secondary N) is 3. The normalized spacial score (nSPS) is 14.0. The van der Waals surface area contributed by atoms with Gasteiger partial charge in [0.1, 0.15) is 17.0 Å². The third-order valence-electron chi connectivity index (χ3n) is 7.38. The fourth-order valence-electron chi connectivity index (χ4n) is 5.75. The molecule has 2 aliphatic rings. The fraction of sp³-hybridized carbons (Fsp3) is 0.0303.